The molecule has 1 amide bonds. The van der Waals surface area contributed by atoms with Gasteiger partial charge in [-0.3, -0.25) is 9.78 Å². The molecule has 0 atom stereocenters. The molecule has 2 aromatic rings. The molecule has 1 saturated heterocycles. The first kappa shape index (κ1) is 17.8. The van der Waals surface area contributed by atoms with Gasteiger partial charge in [0, 0.05) is 42.1 Å². The molecule has 1 fully saturated rings. The molecule has 1 aromatic carbocycles. The first-order valence-corrected chi connectivity index (χ1v) is 9.79. The number of piperidine rings is 1. The summed E-state index contributed by atoms with van der Waals surface area (Å²) in [5.74, 6) is -0.0543. The van der Waals surface area contributed by atoms with Gasteiger partial charge >= 0.3 is 0 Å². The summed E-state index contributed by atoms with van der Waals surface area (Å²) in [7, 11) is -3.59. The number of carbonyl (C=O) groups is 1. The van der Waals surface area contributed by atoms with E-state index in [0.717, 1.165) is 0 Å². The summed E-state index contributed by atoms with van der Waals surface area (Å²) in [5.41, 5.74) is 0.593. The van der Waals surface area contributed by atoms with Gasteiger partial charge in [-0.25, -0.2) is 13.1 Å². The fourth-order valence-electron chi connectivity index (χ4n) is 2.78. The van der Waals surface area contributed by atoms with Crippen molar-refractivity contribution in [2.45, 2.75) is 23.8 Å². The zero-order valence-electron chi connectivity index (χ0n) is 13.4. The molecule has 2 heterocycles. The van der Waals surface area contributed by atoms with Crippen molar-refractivity contribution in [1.29, 1.82) is 0 Å². The molecule has 0 bridgehead atoms. The highest BCUT2D eigenvalue weighted by Gasteiger charge is 2.27. The SMILES string of the molecule is O=C(c1ccncc1)N1CCC(NS(=O)(=O)c2ccc(Cl)cc2)CC1. The number of likely N-dealkylation sites (tertiary alicyclic amines) is 1. The molecule has 0 spiro atoms. The van der Waals surface area contributed by atoms with E-state index in [1.807, 2.05) is 0 Å². The maximum absolute atomic E-state index is 12.4. The molecule has 1 aliphatic rings. The summed E-state index contributed by atoms with van der Waals surface area (Å²) in [6.07, 6.45) is 4.31. The smallest absolute Gasteiger partial charge is 0.253 e. The molecule has 25 heavy (non-hydrogen) atoms. The number of hydrogen-bond acceptors (Lipinski definition) is 4. The van der Waals surface area contributed by atoms with Crippen LogP contribution in [0, 0.1) is 0 Å². The van der Waals surface area contributed by atoms with E-state index in [0.29, 0.717) is 36.5 Å². The summed E-state index contributed by atoms with van der Waals surface area (Å²) < 4.78 is 27.5. The van der Waals surface area contributed by atoms with E-state index in [1.54, 1.807) is 41.6 Å². The molecule has 6 nitrogen and oxygen atoms in total. The number of aromatic nitrogens is 1. The lowest BCUT2D eigenvalue weighted by Gasteiger charge is -2.32. The second-order valence-corrected chi connectivity index (χ2v) is 8.03. The molecule has 0 aliphatic carbocycles. The molecule has 0 saturated carbocycles. The van der Waals surface area contributed by atoms with Crippen molar-refractivity contribution in [1.82, 2.24) is 14.6 Å². The Morgan fingerprint density at radius 3 is 2.28 bits per heavy atom. The molecule has 132 valence electrons. The number of halogens is 1. The van der Waals surface area contributed by atoms with Crippen molar-refractivity contribution in [3.8, 4) is 0 Å². The van der Waals surface area contributed by atoms with Crippen molar-refractivity contribution in [2.75, 3.05) is 13.1 Å². The van der Waals surface area contributed by atoms with Crippen LogP contribution in [0.3, 0.4) is 0 Å². The van der Waals surface area contributed by atoms with Crippen LogP contribution >= 0.6 is 11.6 Å². The van der Waals surface area contributed by atoms with Crippen molar-refractivity contribution >= 4 is 27.5 Å². The Morgan fingerprint density at radius 1 is 1.08 bits per heavy atom. The first-order valence-electron chi connectivity index (χ1n) is 7.93. The predicted octanol–water partition coefficient (Wildman–Crippen LogP) is 2.32. The number of benzene rings is 1. The van der Waals surface area contributed by atoms with Gasteiger partial charge in [-0.05, 0) is 49.2 Å². The third kappa shape index (κ3) is 4.36. The highest BCUT2D eigenvalue weighted by molar-refractivity contribution is 7.89. The summed E-state index contributed by atoms with van der Waals surface area (Å²) in [5, 5.41) is 0.488. The second-order valence-electron chi connectivity index (χ2n) is 5.88. The Hall–Kier alpha value is -1.96. The van der Waals surface area contributed by atoms with E-state index in [1.165, 1.54) is 12.1 Å². The van der Waals surface area contributed by atoms with E-state index in [4.69, 9.17) is 11.6 Å². The van der Waals surface area contributed by atoms with E-state index in [9.17, 15) is 13.2 Å². The Labute approximate surface area is 151 Å². The van der Waals surface area contributed by atoms with Gasteiger partial charge in [0.2, 0.25) is 10.0 Å². The van der Waals surface area contributed by atoms with Gasteiger partial charge in [-0.2, -0.15) is 0 Å². The highest BCUT2D eigenvalue weighted by atomic mass is 35.5. The fourth-order valence-corrected chi connectivity index (χ4v) is 4.21. The minimum Gasteiger partial charge on any atom is -0.339 e. The molecular weight excluding hydrogens is 362 g/mol. The third-order valence-electron chi connectivity index (χ3n) is 4.16. The first-order chi connectivity index (χ1) is 12.0. The summed E-state index contributed by atoms with van der Waals surface area (Å²) >= 11 is 5.79. The largest absolute Gasteiger partial charge is 0.339 e. The monoisotopic (exact) mass is 379 g/mol. The number of nitrogens with zero attached hydrogens (tertiary/aromatic N) is 2. The number of sulfonamides is 1. The number of amides is 1. The average Bonchev–Trinajstić information content (AvgIpc) is 2.62. The van der Waals surface area contributed by atoms with Gasteiger partial charge in [0.25, 0.3) is 5.91 Å². The molecular formula is C17H18ClN3O3S. The highest BCUT2D eigenvalue weighted by Crippen LogP contribution is 2.18. The normalized spacial score (nSPS) is 16.0. The van der Waals surface area contributed by atoms with Crippen LogP contribution in [-0.2, 0) is 10.0 Å². The number of rotatable bonds is 4. The molecule has 0 radical (unpaired) electrons. The van der Waals surface area contributed by atoms with E-state index >= 15 is 0 Å². The van der Waals surface area contributed by atoms with Crippen LogP contribution in [0.1, 0.15) is 23.2 Å². The maximum Gasteiger partial charge on any atom is 0.253 e. The van der Waals surface area contributed by atoms with Crippen LogP contribution in [0.25, 0.3) is 0 Å². The molecule has 3 rings (SSSR count). The number of pyridine rings is 1. The van der Waals surface area contributed by atoms with Gasteiger partial charge in [-0.15, -0.1) is 0 Å². The predicted molar refractivity (Wildman–Crippen MR) is 94.9 cm³/mol. The lowest BCUT2D eigenvalue weighted by atomic mass is 10.1. The molecule has 8 heteroatoms. The lowest BCUT2D eigenvalue weighted by molar-refractivity contribution is 0.0711. The van der Waals surface area contributed by atoms with E-state index < -0.39 is 10.0 Å². The van der Waals surface area contributed by atoms with Crippen molar-refractivity contribution in [2.24, 2.45) is 0 Å². The molecule has 1 aliphatic heterocycles. The van der Waals surface area contributed by atoms with E-state index in [2.05, 4.69) is 9.71 Å². The standard InChI is InChI=1S/C17H18ClN3O3S/c18-14-1-3-16(4-2-14)25(23,24)20-15-7-11-21(12-8-15)17(22)13-5-9-19-10-6-13/h1-6,9-10,15,20H,7-8,11-12H2. The topological polar surface area (TPSA) is 79.4 Å². The Kier molecular flexibility index (Phi) is 5.36. The summed E-state index contributed by atoms with van der Waals surface area (Å²) in [4.78, 5) is 18.2. The van der Waals surface area contributed by atoms with Gasteiger partial charge in [0.15, 0.2) is 0 Å². The molecule has 1 aromatic heterocycles. The van der Waals surface area contributed by atoms with Gasteiger partial charge in [-0.1, -0.05) is 11.6 Å². The van der Waals surface area contributed by atoms with Gasteiger partial charge in [0.05, 0.1) is 4.90 Å². The fraction of sp³-hybridized carbons (Fsp3) is 0.294. The van der Waals surface area contributed by atoms with Gasteiger partial charge < -0.3 is 4.90 Å². The van der Waals surface area contributed by atoms with Crippen molar-refractivity contribution < 1.29 is 13.2 Å². The van der Waals surface area contributed by atoms with Gasteiger partial charge in [0.1, 0.15) is 0 Å². The Balaban J connectivity index is 1.59. The summed E-state index contributed by atoms with van der Waals surface area (Å²) in [6.45, 7) is 1.02. The average molecular weight is 380 g/mol. The number of carbonyl (C=O) groups excluding carboxylic acids is 1. The van der Waals surface area contributed by atoms with Crippen molar-refractivity contribution in [3.05, 3.63) is 59.4 Å². The van der Waals surface area contributed by atoms with Crippen LogP contribution < -0.4 is 4.72 Å². The second kappa shape index (κ2) is 7.51. The minimum absolute atomic E-state index is 0.0543. The zero-order chi connectivity index (χ0) is 17.9. The third-order valence-corrected chi connectivity index (χ3v) is 5.94. The van der Waals surface area contributed by atoms with Crippen LogP contribution in [0.4, 0.5) is 0 Å². The minimum atomic E-state index is -3.59. The number of hydrogen-bond donors (Lipinski definition) is 1. The maximum atomic E-state index is 12.4. The zero-order valence-corrected chi connectivity index (χ0v) is 15.0. The number of nitrogens with one attached hydrogen (secondary N) is 1. The quantitative estimate of drug-likeness (QED) is 0.884. The summed E-state index contributed by atoms with van der Waals surface area (Å²) in [6, 6.07) is 9.22. The Morgan fingerprint density at radius 2 is 1.68 bits per heavy atom. The van der Waals surface area contributed by atoms with Crippen LogP contribution in [0.5, 0.6) is 0 Å². The Bertz CT molecular complexity index is 833. The van der Waals surface area contributed by atoms with Crippen LogP contribution in [0.15, 0.2) is 53.7 Å². The van der Waals surface area contributed by atoms with E-state index in [-0.39, 0.29) is 16.8 Å². The van der Waals surface area contributed by atoms with Crippen LogP contribution in [-0.4, -0.2) is 43.3 Å². The van der Waals surface area contributed by atoms with Crippen LogP contribution in [0.2, 0.25) is 5.02 Å². The molecule has 0 unspecified atom stereocenters. The van der Waals surface area contributed by atoms with Crippen molar-refractivity contribution in [3.63, 3.8) is 0 Å². The molecule has 1 N–H and O–H groups in total. The lowest BCUT2D eigenvalue weighted by Crippen LogP contribution is -2.46.